The molecular formula is C19H30O. The Morgan fingerprint density at radius 3 is 2.10 bits per heavy atom. The van der Waals surface area contributed by atoms with Crippen molar-refractivity contribution >= 4 is 0 Å². The summed E-state index contributed by atoms with van der Waals surface area (Å²) in [6, 6.07) is 6.70. The minimum Gasteiger partial charge on any atom is -0.488 e. The summed E-state index contributed by atoms with van der Waals surface area (Å²) in [5.41, 5.74) is 2.62. The number of para-hydroxylation sites is 1. The molecule has 1 nitrogen and oxygen atoms in total. The fourth-order valence-electron chi connectivity index (χ4n) is 3.00. The fourth-order valence-corrected chi connectivity index (χ4v) is 3.00. The summed E-state index contributed by atoms with van der Waals surface area (Å²) in [5.74, 6) is 3.11. The molecule has 1 aromatic carbocycles. The normalized spacial score (nSPS) is 17.9. The highest BCUT2D eigenvalue weighted by Gasteiger charge is 2.29. The van der Waals surface area contributed by atoms with Crippen molar-refractivity contribution in [3.63, 3.8) is 0 Å². The smallest absolute Gasteiger partial charge is 0.127 e. The van der Waals surface area contributed by atoms with Crippen LogP contribution in [0.25, 0.3) is 0 Å². The van der Waals surface area contributed by atoms with Gasteiger partial charge in [-0.15, -0.1) is 0 Å². The summed E-state index contributed by atoms with van der Waals surface area (Å²) in [7, 11) is 0. The molecule has 0 saturated heterocycles. The number of ether oxygens (including phenoxy) is 1. The third-order valence-electron chi connectivity index (χ3n) is 4.45. The minimum atomic E-state index is -0.140. The standard InChI is InChI=1S/C19H30O/c1-13(2)16-11-8-12-17(14(3)15-9-7-10-15)18(16)20-19(4,5)6/h8,11-15H,7,9-10H2,1-6H3/t14-/m1/s1. The minimum absolute atomic E-state index is 0.140. The van der Waals surface area contributed by atoms with E-state index in [9.17, 15) is 0 Å². The van der Waals surface area contributed by atoms with Gasteiger partial charge in [-0.2, -0.15) is 0 Å². The fraction of sp³-hybridized carbons (Fsp3) is 0.684. The van der Waals surface area contributed by atoms with Crippen molar-refractivity contribution in [1.29, 1.82) is 0 Å². The Morgan fingerprint density at radius 1 is 1.05 bits per heavy atom. The second kappa shape index (κ2) is 5.79. The molecule has 0 aliphatic heterocycles. The van der Waals surface area contributed by atoms with Crippen LogP contribution in [0.15, 0.2) is 18.2 Å². The highest BCUT2D eigenvalue weighted by atomic mass is 16.5. The van der Waals surface area contributed by atoms with Gasteiger partial charge < -0.3 is 4.74 Å². The highest BCUT2D eigenvalue weighted by molar-refractivity contribution is 5.45. The molecule has 1 heteroatoms. The van der Waals surface area contributed by atoms with E-state index in [-0.39, 0.29) is 5.60 Å². The Hall–Kier alpha value is -0.980. The maximum atomic E-state index is 6.37. The molecule has 1 fully saturated rings. The summed E-state index contributed by atoms with van der Waals surface area (Å²) < 4.78 is 6.37. The van der Waals surface area contributed by atoms with Crippen molar-refractivity contribution in [1.82, 2.24) is 0 Å². The number of hydrogen-bond acceptors (Lipinski definition) is 1. The van der Waals surface area contributed by atoms with Gasteiger partial charge in [0.1, 0.15) is 11.4 Å². The van der Waals surface area contributed by atoms with Crippen LogP contribution in [0.5, 0.6) is 5.75 Å². The van der Waals surface area contributed by atoms with E-state index in [4.69, 9.17) is 4.74 Å². The third-order valence-corrected chi connectivity index (χ3v) is 4.45. The Morgan fingerprint density at radius 2 is 1.65 bits per heavy atom. The van der Waals surface area contributed by atoms with Crippen molar-refractivity contribution in [2.24, 2.45) is 5.92 Å². The SMILES string of the molecule is CC(C)c1cccc([C@H](C)C2CCC2)c1OC(C)(C)C. The quantitative estimate of drug-likeness (QED) is 0.665. The van der Waals surface area contributed by atoms with Crippen LogP contribution in [0.1, 0.15) is 83.8 Å². The molecular weight excluding hydrogens is 244 g/mol. The molecule has 0 unspecified atom stereocenters. The lowest BCUT2D eigenvalue weighted by Crippen LogP contribution is -2.26. The summed E-state index contributed by atoms with van der Waals surface area (Å²) in [5, 5.41) is 0. The first-order valence-electron chi connectivity index (χ1n) is 8.11. The number of hydrogen-bond donors (Lipinski definition) is 0. The van der Waals surface area contributed by atoms with Crippen molar-refractivity contribution in [2.75, 3.05) is 0 Å². The Balaban J connectivity index is 2.40. The zero-order valence-corrected chi connectivity index (χ0v) is 14.0. The van der Waals surface area contributed by atoms with Crippen LogP contribution in [0.3, 0.4) is 0 Å². The molecule has 1 atom stereocenters. The maximum Gasteiger partial charge on any atom is 0.127 e. The van der Waals surface area contributed by atoms with Gasteiger partial charge in [0.2, 0.25) is 0 Å². The van der Waals surface area contributed by atoms with Crippen LogP contribution in [-0.4, -0.2) is 5.60 Å². The Bertz CT molecular complexity index is 449. The van der Waals surface area contributed by atoms with E-state index in [2.05, 4.69) is 59.7 Å². The molecule has 20 heavy (non-hydrogen) atoms. The summed E-state index contributed by atoms with van der Waals surface area (Å²) in [6.07, 6.45) is 4.15. The van der Waals surface area contributed by atoms with Gasteiger partial charge in [-0.05, 0) is 62.5 Å². The van der Waals surface area contributed by atoms with Crippen LogP contribution in [0.2, 0.25) is 0 Å². The molecule has 0 radical (unpaired) electrons. The Labute approximate surface area is 124 Å². The van der Waals surface area contributed by atoms with Gasteiger partial charge in [0.05, 0.1) is 0 Å². The third kappa shape index (κ3) is 3.37. The first-order valence-corrected chi connectivity index (χ1v) is 8.11. The molecule has 0 aromatic heterocycles. The number of benzene rings is 1. The largest absolute Gasteiger partial charge is 0.488 e. The van der Waals surface area contributed by atoms with Crippen LogP contribution < -0.4 is 4.74 Å². The lowest BCUT2D eigenvalue weighted by Gasteiger charge is -2.35. The zero-order valence-electron chi connectivity index (χ0n) is 14.0. The van der Waals surface area contributed by atoms with Gasteiger partial charge in [0, 0.05) is 0 Å². The summed E-state index contributed by atoms with van der Waals surface area (Å²) in [4.78, 5) is 0. The highest BCUT2D eigenvalue weighted by Crippen LogP contribution is 2.44. The summed E-state index contributed by atoms with van der Waals surface area (Å²) >= 11 is 0. The first-order chi connectivity index (χ1) is 9.29. The lowest BCUT2D eigenvalue weighted by atomic mass is 9.73. The van der Waals surface area contributed by atoms with Gasteiger partial charge in [0.15, 0.2) is 0 Å². The molecule has 0 amide bonds. The monoisotopic (exact) mass is 274 g/mol. The van der Waals surface area contributed by atoms with Crippen molar-refractivity contribution in [3.8, 4) is 5.75 Å². The zero-order chi connectivity index (χ0) is 14.9. The van der Waals surface area contributed by atoms with E-state index in [1.54, 1.807) is 0 Å². The average molecular weight is 274 g/mol. The van der Waals surface area contributed by atoms with Gasteiger partial charge in [-0.25, -0.2) is 0 Å². The van der Waals surface area contributed by atoms with E-state index in [1.807, 2.05) is 0 Å². The molecule has 2 rings (SSSR count). The maximum absolute atomic E-state index is 6.37. The van der Waals surface area contributed by atoms with Crippen LogP contribution >= 0.6 is 0 Å². The number of rotatable bonds is 4. The predicted octanol–water partition coefficient (Wildman–Crippen LogP) is 5.89. The van der Waals surface area contributed by atoms with Crippen molar-refractivity contribution < 1.29 is 4.74 Å². The van der Waals surface area contributed by atoms with Crippen LogP contribution in [0, 0.1) is 5.92 Å². The summed E-state index contributed by atoms with van der Waals surface area (Å²) in [6.45, 7) is 13.3. The molecule has 1 saturated carbocycles. The second-order valence-corrected chi connectivity index (χ2v) is 7.61. The molecule has 0 bridgehead atoms. The van der Waals surface area contributed by atoms with E-state index in [1.165, 1.54) is 30.4 Å². The Kier molecular flexibility index (Phi) is 4.46. The van der Waals surface area contributed by atoms with E-state index < -0.39 is 0 Å². The molecule has 112 valence electrons. The average Bonchev–Trinajstić information content (AvgIpc) is 2.24. The predicted molar refractivity (Wildman–Crippen MR) is 86.7 cm³/mol. The first kappa shape index (κ1) is 15.4. The molecule has 0 heterocycles. The molecule has 0 N–H and O–H groups in total. The van der Waals surface area contributed by atoms with Gasteiger partial charge in [0.25, 0.3) is 0 Å². The molecule has 0 spiro atoms. The van der Waals surface area contributed by atoms with Crippen LogP contribution in [-0.2, 0) is 0 Å². The lowest BCUT2D eigenvalue weighted by molar-refractivity contribution is 0.125. The van der Waals surface area contributed by atoms with Crippen LogP contribution in [0.4, 0.5) is 0 Å². The van der Waals surface area contributed by atoms with Gasteiger partial charge in [-0.3, -0.25) is 0 Å². The topological polar surface area (TPSA) is 9.23 Å². The van der Waals surface area contributed by atoms with Crippen molar-refractivity contribution in [3.05, 3.63) is 29.3 Å². The van der Waals surface area contributed by atoms with E-state index >= 15 is 0 Å². The van der Waals surface area contributed by atoms with Gasteiger partial charge >= 0.3 is 0 Å². The van der Waals surface area contributed by atoms with E-state index in [0.717, 1.165) is 11.7 Å². The second-order valence-electron chi connectivity index (χ2n) is 7.61. The van der Waals surface area contributed by atoms with Gasteiger partial charge in [-0.1, -0.05) is 45.4 Å². The molecule has 1 aliphatic rings. The molecule has 1 aromatic rings. The molecule has 1 aliphatic carbocycles. The van der Waals surface area contributed by atoms with Crippen molar-refractivity contribution in [2.45, 2.75) is 78.2 Å². The van der Waals surface area contributed by atoms with E-state index in [0.29, 0.717) is 11.8 Å².